The van der Waals surface area contributed by atoms with Gasteiger partial charge in [-0.05, 0) is 25.5 Å². The molecule has 2 aromatic heterocycles. The minimum atomic E-state index is -4.42. The molecule has 0 radical (unpaired) electrons. The molecule has 1 amide bonds. The SMILES string of the molecule is Cc1nn2c(CNC(=O)Cc3cccc(C(F)(F)F)c3)c(C)nc2s1. The lowest BCUT2D eigenvalue weighted by Gasteiger charge is -2.09. The summed E-state index contributed by atoms with van der Waals surface area (Å²) >= 11 is 1.45. The Hall–Kier alpha value is -2.42. The standard InChI is InChI=1S/C16H15F3N4OS/c1-9-13(23-15(21-9)25-10(2)22-23)8-20-14(24)7-11-4-3-5-12(6-11)16(17,18)19/h3-6H,7-8H2,1-2H3,(H,20,24). The Labute approximate surface area is 145 Å². The number of fused-ring (bicyclic) bond motifs is 1. The molecule has 0 fully saturated rings. The number of carbonyl (C=O) groups excluding carboxylic acids is 1. The molecule has 0 saturated heterocycles. The number of alkyl halides is 3. The van der Waals surface area contributed by atoms with E-state index >= 15 is 0 Å². The number of nitrogens with one attached hydrogen (secondary N) is 1. The number of hydrogen-bond acceptors (Lipinski definition) is 4. The van der Waals surface area contributed by atoms with Gasteiger partial charge in [-0.25, -0.2) is 9.50 Å². The van der Waals surface area contributed by atoms with Gasteiger partial charge in [0.25, 0.3) is 0 Å². The first-order valence-electron chi connectivity index (χ1n) is 7.48. The molecule has 25 heavy (non-hydrogen) atoms. The number of aryl methyl sites for hydroxylation is 2. The lowest BCUT2D eigenvalue weighted by atomic mass is 10.1. The van der Waals surface area contributed by atoms with E-state index in [-0.39, 0.29) is 18.9 Å². The van der Waals surface area contributed by atoms with Crippen LogP contribution in [0.1, 0.15) is 27.5 Å². The molecule has 1 aromatic carbocycles. The van der Waals surface area contributed by atoms with Gasteiger partial charge in [-0.15, -0.1) is 0 Å². The van der Waals surface area contributed by atoms with Crippen molar-refractivity contribution >= 4 is 22.2 Å². The van der Waals surface area contributed by atoms with E-state index in [4.69, 9.17) is 0 Å². The van der Waals surface area contributed by atoms with Crippen molar-refractivity contribution in [2.75, 3.05) is 0 Å². The zero-order valence-electron chi connectivity index (χ0n) is 13.5. The fourth-order valence-electron chi connectivity index (χ4n) is 2.48. The molecule has 9 heteroatoms. The van der Waals surface area contributed by atoms with Gasteiger partial charge in [-0.2, -0.15) is 18.3 Å². The number of carbonyl (C=O) groups is 1. The summed E-state index contributed by atoms with van der Waals surface area (Å²) in [7, 11) is 0. The summed E-state index contributed by atoms with van der Waals surface area (Å²) in [6.07, 6.45) is -4.55. The molecule has 3 rings (SSSR count). The first kappa shape index (κ1) is 17.4. The summed E-state index contributed by atoms with van der Waals surface area (Å²) in [4.78, 5) is 17.2. The maximum atomic E-state index is 12.7. The van der Waals surface area contributed by atoms with Crippen LogP contribution in [-0.4, -0.2) is 20.5 Å². The fraction of sp³-hybridized carbons (Fsp3) is 0.312. The van der Waals surface area contributed by atoms with Gasteiger partial charge >= 0.3 is 6.18 Å². The minimum Gasteiger partial charge on any atom is -0.350 e. The molecule has 0 atom stereocenters. The summed E-state index contributed by atoms with van der Waals surface area (Å²) in [5, 5.41) is 7.91. The minimum absolute atomic E-state index is 0.124. The molecule has 0 spiro atoms. The Balaban J connectivity index is 1.68. The maximum Gasteiger partial charge on any atom is 0.416 e. The number of aromatic nitrogens is 3. The van der Waals surface area contributed by atoms with Gasteiger partial charge in [0.05, 0.1) is 29.9 Å². The van der Waals surface area contributed by atoms with Crippen LogP contribution in [0.3, 0.4) is 0 Å². The zero-order chi connectivity index (χ0) is 18.2. The highest BCUT2D eigenvalue weighted by Gasteiger charge is 2.30. The van der Waals surface area contributed by atoms with Gasteiger partial charge < -0.3 is 5.32 Å². The van der Waals surface area contributed by atoms with E-state index in [1.807, 2.05) is 13.8 Å². The summed E-state index contributed by atoms with van der Waals surface area (Å²) in [5.74, 6) is -0.361. The summed E-state index contributed by atoms with van der Waals surface area (Å²) in [5.41, 5.74) is 1.07. The number of benzene rings is 1. The average Bonchev–Trinajstić information content (AvgIpc) is 2.99. The second kappa shape index (κ2) is 6.47. The number of amides is 1. The Bertz CT molecular complexity index is 929. The largest absolute Gasteiger partial charge is 0.416 e. The first-order chi connectivity index (χ1) is 11.7. The van der Waals surface area contributed by atoms with Crippen molar-refractivity contribution in [3.05, 3.63) is 51.8 Å². The molecule has 132 valence electrons. The predicted molar refractivity (Wildman–Crippen MR) is 87.3 cm³/mol. The van der Waals surface area contributed by atoms with Crippen molar-refractivity contribution in [2.45, 2.75) is 33.0 Å². The molecule has 3 aromatic rings. The topological polar surface area (TPSA) is 59.3 Å². The van der Waals surface area contributed by atoms with Crippen molar-refractivity contribution in [1.82, 2.24) is 19.9 Å². The molecule has 5 nitrogen and oxygen atoms in total. The second-order valence-corrected chi connectivity index (χ2v) is 6.77. The van der Waals surface area contributed by atoms with E-state index < -0.39 is 11.7 Å². The predicted octanol–water partition coefficient (Wildman–Crippen LogP) is 3.29. The number of hydrogen-bond donors (Lipinski definition) is 1. The van der Waals surface area contributed by atoms with Gasteiger partial charge in [-0.3, -0.25) is 4.79 Å². The van der Waals surface area contributed by atoms with Crippen molar-refractivity contribution in [2.24, 2.45) is 0 Å². The third-order valence-corrected chi connectivity index (χ3v) is 4.49. The Kier molecular flexibility index (Phi) is 4.51. The number of rotatable bonds is 4. The lowest BCUT2D eigenvalue weighted by molar-refractivity contribution is -0.137. The van der Waals surface area contributed by atoms with Gasteiger partial charge in [0.1, 0.15) is 5.01 Å². The molecule has 0 aliphatic rings. The van der Waals surface area contributed by atoms with Crippen molar-refractivity contribution in [1.29, 1.82) is 0 Å². The van der Waals surface area contributed by atoms with E-state index in [1.165, 1.54) is 23.5 Å². The normalized spacial score (nSPS) is 11.9. The van der Waals surface area contributed by atoms with Gasteiger partial charge in [0, 0.05) is 0 Å². The monoisotopic (exact) mass is 368 g/mol. The molecule has 0 bridgehead atoms. The summed E-state index contributed by atoms with van der Waals surface area (Å²) < 4.78 is 39.8. The third kappa shape index (κ3) is 3.81. The highest BCUT2D eigenvalue weighted by atomic mass is 32.1. The number of imidazole rings is 1. The first-order valence-corrected chi connectivity index (χ1v) is 8.30. The molecule has 0 unspecified atom stereocenters. The van der Waals surface area contributed by atoms with Crippen LogP contribution in [0.15, 0.2) is 24.3 Å². The Morgan fingerprint density at radius 1 is 1.32 bits per heavy atom. The smallest absolute Gasteiger partial charge is 0.350 e. The lowest BCUT2D eigenvalue weighted by Crippen LogP contribution is -2.25. The van der Waals surface area contributed by atoms with Crippen LogP contribution in [-0.2, 0) is 23.9 Å². The van der Waals surface area contributed by atoms with E-state index in [2.05, 4.69) is 15.4 Å². The van der Waals surface area contributed by atoms with Crippen LogP contribution in [0.25, 0.3) is 4.96 Å². The van der Waals surface area contributed by atoms with Crippen LogP contribution < -0.4 is 5.32 Å². The fourth-order valence-corrected chi connectivity index (χ4v) is 3.28. The summed E-state index contributed by atoms with van der Waals surface area (Å²) in [6.45, 7) is 3.91. The van der Waals surface area contributed by atoms with Crippen LogP contribution >= 0.6 is 11.3 Å². The van der Waals surface area contributed by atoms with Crippen molar-refractivity contribution in [3.63, 3.8) is 0 Å². The third-order valence-electron chi connectivity index (χ3n) is 3.67. The van der Waals surface area contributed by atoms with Gasteiger partial charge in [-0.1, -0.05) is 29.5 Å². The van der Waals surface area contributed by atoms with E-state index in [9.17, 15) is 18.0 Å². The van der Waals surface area contributed by atoms with Crippen LogP contribution in [0.2, 0.25) is 0 Å². The summed E-state index contributed by atoms with van der Waals surface area (Å²) in [6, 6.07) is 4.78. The number of halogens is 3. The van der Waals surface area contributed by atoms with Gasteiger partial charge in [0.15, 0.2) is 0 Å². The van der Waals surface area contributed by atoms with E-state index in [1.54, 1.807) is 4.52 Å². The van der Waals surface area contributed by atoms with Crippen LogP contribution in [0, 0.1) is 13.8 Å². The van der Waals surface area contributed by atoms with Crippen LogP contribution in [0.4, 0.5) is 13.2 Å². The molecule has 0 saturated carbocycles. The highest BCUT2D eigenvalue weighted by molar-refractivity contribution is 7.16. The van der Waals surface area contributed by atoms with Crippen molar-refractivity contribution < 1.29 is 18.0 Å². The molecule has 1 N–H and O–H groups in total. The quantitative estimate of drug-likeness (QED) is 0.769. The maximum absolute atomic E-state index is 12.7. The molecule has 0 aliphatic heterocycles. The molecular weight excluding hydrogens is 353 g/mol. The van der Waals surface area contributed by atoms with Crippen molar-refractivity contribution in [3.8, 4) is 0 Å². The van der Waals surface area contributed by atoms with Crippen LogP contribution in [0.5, 0.6) is 0 Å². The molecule has 2 heterocycles. The Morgan fingerprint density at radius 2 is 2.08 bits per heavy atom. The average molecular weight is 368 g/mol. The highest BCUT2D eigenvalue weighted by Crippen LogP contribution is 2.29. The van der Waals surface area contributed by atoms with E-state index in [0.29, 0.717) is 5.56 Å². The molecule has 0 aliphatic carbocycles. The number of nitrogens with zero attached hydrogens (tertiary/aromatic N) is 3. The molecular formula is C16H15F3N4OS. The van der Waals surface area contributed by atoms with E-state index in [0.717, 1.165) is 33.5 Å². The second-order valence-electron chi connectivity index (χ2n) is 5.61. The Morgan fingerprint density at radius 3 is 2.80 bits per heavy atom. The zero-order valence-corrected chi connectivity index (χ0v) is 14.3. The van der Waals surface area contributed by atoms with Gasteiger partial charge in [0.2, 0.25) is 10.9 Å².